The second kappa shape index (κ2) is 6.16. The number of ether oxygens (including phenoxy) is 1. The molecule has 1 aromatic rings. The first-order valence-electron chi connectivity index (χ1n) is 6.69. The van der Waals surface area contributed by atoms with E-state index < -0.39 is 0 Å². The molecule has 1 atom stereocenters. The number of likely N-dealkylation sites (N-methyl/N-ethyl adjacent to an activating group) is 1. The fourth-order valence-corrected chi connectivity index (χ4v) is 2.50. The van der Waals surface area contributed by atoms with Gasteiger partial charge in [-0.1, -0.05) is 0 Å². The number of nitrogens with two attached hydrogens (primary N) is 1. The van der Waals surface area contributed by atoms with Crippen LogP contribution in [0.15, 0.2) is 12.3 Å². The molecule has 2 heterocycles. The highest BCUT2D eigenvalue weighted by molar-refractivity contribution is 5.49. The topological polar surface area (TPSA) is 51.4 Å². The molecule has 0 saturated carbocycles. The number of rotatable bonds is 4. The number of aromatic nitrogens is 1. The van der Waals surface area contributed by atoms with Crippen molar-refractivity contribution in [1.29, 1.82) is 0 Å². The van der Waals surface area contributed by atoms with Crippen LogP contribution in [0.2, 0.25) is 0 Å². The van der Waals surface area contributed by atoms with Crippen molar-refractivity contribution in [3.63, 3.8) is 0 Å². The van der Waals surface area contributed by atoms with E-state index in [-0.39, 0.29) is 0 Å². The van der Waals surface area contributed by atoms with Crippen LogP contribution in [0.25, 0.3) is 0 Å². The molecule has 2 N–H and O–H groups in total. The average molecular weight is 249 g/mol. The second-order valence-electron chi connectivity index (χ2n) is 5.00. The summed E-state index contributed by atoms with van der Waals surface area (Å²) in [4.78, 5) is 6.64. The second-order valence-corrected chi connectivity index (χ2v) is 5.00. The maximum absolute atomic E-state index is 5.82. The molecule has 2 rings (SSSR count). The number of pyridine rings is 1. The van der Waals surface area contributed by atoms with Gasteiger partial charge in [-0.05, 0) is 37.8 Å². The van der Waals surface area contributed by atoms with Crippen molar-refractivity contribution in [3.05, 3.63) is 23.4 Å². The van der Waals surface area contributed by atoms with E-state index in [4.69, 9.17) is 10.5 Å². The third-order valence-corrected chi connectivity index (χ3v) is 3.58. The predicted molar refractivity (Wildman–Crippen MR) is 73.7 cm³/mol. The van der Waals surface area contributed by atoms with Crippen molar-refractivity contribution < 1.29 is 4.74 Å². The molecule has 100 valence electrons. The molecule has 0 spiro atoms. The Kier molecular flexibility index (Phi) is 4.55. The molecule has 0 aromatic carbocycles. The van der Waals surface area contributed by atoms with E-state index in [1.165, 1.54) is 18.4 Å². The minimum Gasteiger partial charge on any atom is -0.376 e. The Morgan fingerprint density at radius 3 is 3.00 bits per heavy atom. The van der Waals surface area contributed by atoms with E-state index in [9.17, 15) is 0 Å². The molecular weight excluding hydrogens is 226 g/mol. The molecule has 18 heavy (non-hydrogen) atoms. The minimum atomic E-state index is 0.330. The highest BCUT2D eigenvalue weighted by Crippen LogP contribution is 2.21. The summed E-state index contributed by atoms with van der Waals surface area (Å²) in [5, 5.41) is 0. The predicted octanol–water partition coefficient (Wildman–Crippen LogP) is 1.85. The summed E-state index contributed by atoms with van der Waals surface area (Å²) in [5.74, 6) is 0.992. The average Bonchev–Trinajstić information content (AvgIpc) is 2.39. The zero-order valence-electron chi connectivity index (χ0n) is 11.4. The summed E-state index contributed by atoms with van der Waals surface area (Å²) in [5.41, 5.74) is 8.17. The highest BCUT2D eigenvalue weighted by atomic mass is 16.5. The molecule has 4 heteroatoms. The van der Waals surface area contributed by atoms with E-state index in [0.717, 1.165) is 31.0 Å². The maximum Gasteiger partial charge on any atom is 0.133 e. The quantitative estimate of drug-likeness (QED) is 0.885. The Morgan fingerprint density at radius 2 is 2.33 bits per heavy atom. The molecule has 0 aliphatic carbocycles. The van der Waals surface area contributed by atoms with Crippen LogP contribution in [-0.4, -0.2) is 31.3 Å². The van der Waals surface area contributed by atoms with Crippen LogP contribution in [0.3, 0.4) is 0 Å². The van der Waals surface area contributed by atoms with E-state index in [1.54, 1.807) is 0 Å². The smallest absolute Gasteiger partial charge is 0.133 e. The SMILES string of the molecule is Cc1ccnc(N(C)CC2CCCCO2)c1CN. The van der Waals surface area contributed by atoms with Crippen LogP contribution < -0.4 is 10.6 Å². The lowest BCUT2D eigenvalue weighted by atomic mass is 10.1. The number of aryl methyl sites for hydroxylation is 1. The van der Waals surface area contributed by atoms with Gasteiger partial charge < -0.3 is 15.4 Å². The molecule has 1 aromatic heterocycles. The van der Waals surface area contributed by atoms with Gasteiger partial charge in [0.05, 0.1) is 6.10 Å². The normalized spacial score (nSPS) is 19.8. The number of hydrogen-bond donors (Lipinski definition) is 1. The lowest BCUT2D eigenvalue weighted by Crippen LogP contribution is -2.34. The maximum atomic E-state index is 5.82. The van der Waals surface area contributed by atoms with Gasteiger partial charge in [0.25, 0.3) is 0 Å². The zero-order chi connectivity index (χ0) is 13.0. The van der Waals surface area contributed by atoms with E-state index in [1.807, 2.05) is 12.3 Å². The first kappa shape index (κ1) is 13.3. The standard InChI is InChI=1S/C14H23N3O/c1-11-6-7-16-14(13(11)9-15)17(2)10-12-5-3-4-8-18-12/h6-7,12H,3-5,8-10,15H2,1-2H3. The number of anilines is 1. The third kappa shape index (κ3) is 3.00. The van der Waals surface area contributed by atoms with Gasteiger partial charge in [0.15, 0.2) is 0 Å². The molecule has 1 aliphatic rings. The van der Waals surface area contributed by atoms with E-state index in [0.29, 0.717) is 12.6 Å². The van der Waals surface area contributed by atoms with Crippen LogP contribution in [0, 0.1) is 6.92 Å². The molecule has 1 aliphatic heterocycles. The highest BCUT2D eigenvalue weighted by Gasteiger charge is 2.18. The van der Waals surface area contributed by atoms with Crippen LogP contribution in [-0.2, 0) is 11.3 Å². The van der Waals surface area contributed by atoms with Crippen LogP contribution in [0.1, 0.15) is 30.4 Å². The molecule has 0 bridgehead atoms. The fourth-order valence-electron chi connectivity index (χ4n) is 2.50. The summed E-state index contributed by atoms with van der Waals surface area (Å²) in [6.45, 7) is 4.40. The van der Waals surface area contributed by atoms with Gasteiger partial charge in [0, 0.05) is 38.5 Å². The van der Waals surface area contributed by atoms with Gasteiger partial charge in [-0.25, -0.2) is 4.98 Å². The Bertz CT molecular complexity index is 389. The Morgan fingerprint density at radius 1 is 1.50 bits per heavy atom. The van der Waals surface area contributed by atoms with Crippen LogP contribution in [0.5, 0.6) is 0 Å². The third-order valence-electron chi connectivity index (χ3n) is 3.58. The minimum absolute atomic E-state index is 0.330. The summed E-state index contributed by atoms with van der Waals surface area (Å²) >= 11 is 0. The molecule has 1 saturated heterocycles. The zero-order valence-corrected chi connectivity index (χ0v) is 11.4. The lowest BCUT2D eigenvalue weighted by molar-refractivity contribution is 0.0215. The first-order chi connectivity index (χ1) is 8.72. The Labute approximate surface area is 109 Å². The molecule has 1 fully saturated rings. The lowest BCUT2D eigenvalue weighted by Gasteiger charge is -2.29. The van der Waals surface area contributed by atoms with E-state index in [2.05, 4.69) is 23.9 Å². The van der Waals surface area contributed by atoms with Crippen molar-refractivity contribution >= 4 is 5.82 Å². The van der Waals surface area contributed by atoms with E-state index >= 15 is 0 Å². The Balaban J connectivity index is 2.07. The largest absolute Gasteiger partial charge is 0.376 e. The summed E-state index contributed by atoms with van der Waals surface area (Å²) in [6.07, 6.45) is 5.79. The molecule has 0 amide bonds. The van der Waals surface area contributed by atoms with Crippen molar-refractivity contribution in [2.24, 2.45) is 5.73 Å². The van der Waals surface area contributed by atoms with Gasteiger partial charge in [-0.2, -0.15) is 0 Å². The van der Waals surface area contributed by atoms with Crippen LogP contribution >= 0.6 is 0 Å². The Hall–Kier alpha value is -1.13. The van der Waals surface area contributed by atoms with Crippen molar-refractivity contribution in [2.45, 2.75) is 38.8 Å². The van der Waals surface area contributed by atoms with Crippen molar-refractivity contribution in [2.75, 3.05) is 25.1 Å². The summed E-state index contributed by atoms with van der Waals surface area (Å²) < 4.78 is 5.77. The first-order valence-corrected chi connectivity index (χ1v) is 6.69. The van der Waals surface area contributed by atoms with Gasteiger partial charge in [0.1, 0.15) is 5.82 Å². The molecule has 0 radical (unpaired) electrons. The molecular formula is C14H23N3O. The summed E-state index contributed by atoms with van der Waals surface area (Å²) in [7, 11) is 2.07. The monoisotopic (exact) mass is 249 g/mol. The van der Waals surface area contributed by atoms with Crippen LogP contribution in [0.4, 0.5) is 5.82 Å². The molecule has 4 nitrogen and oxygen atoms in total. The fraction of sp³-hybridized carbons (Fsp3) is 0.643. The number of hydrogen-bond acceptors (Lipinski definition) is 4. The van der Waals surface area contributed by atoms with Gasteiger partial charge in [-0.15, -0.1) is 0 Å². The summed E-state index contributed by atoms with van der Waals surface area (Å²) in [6, 6.07) is 2.01. The molecule has 1 unspecified atom stereocenters. The van der Waals surface area contributed by atoms with Gasteiger partial charge >= 0.3 is 0 Å². The van der Waals surface area contributed by atoms with Gasteiger partial charge in [0.2, 0.25) is 0 Å². The van der Waals surface area contributed by atoms with Crippen molar-refractivity contribution in [3.8, 4) is 0 Å². The van der Waals surface area contributed by atoms with Crippen molar-refractivity contribution in [1.82, 2.24) is 4.98 Å². The van der Waals surface area contributed by atoms with Gasteiger partial charge in [-0.3, -0.25) is 0 Å². The number of nitrogens with zero attached hydrogens (tertiary/aromatic N) is 2.